The minimum absolute atomic E-state index is 0.00188. The zero-order valence-corrected chi connectivity index (χ0v) is 13.2. The number of anilines is 1. The van der Waals surface area contributed by atoms with E-state index in [9.17, 15) is 4.79 Å². The molecule has 0 spiro atoms. The van der Waals surface area contributed by atoms with E-state index in [0.717, 1.165) is 19.5 Å². The first-order valence-corrected chi connectivity index (χ1v) is 7.53. The number of carbonyl (C=O) groups is 1. The molecular weight excluding hydrogens is 262 g/mol. The van der Waals surface area contributed by atoms with Crippen molar-refractivity contribution in [3.63, 3.8) is 0 Å². The predicted octanol–water partition coefficient (Wildman–Crippen LogP) is 3.25. The smallest absolute Gasteiger partial charge is 0.224 e. The lowest BCUT2D eigenvalue weighted by molar-refractivity contribution is -0.116. The summed E-state index contributed by atoms with van der Waals surface area (Å²) in [7, 11) is 2.10. The summed E-state index contributed by atoms with van der Waals surface area (Å²) < 4.78 is 0. The van der Waals surface area contributed by atoms with Gasteiger partial charge in [0.15, 0.2) is 0 Å². The Balaban J connectivity index is 2.29. The van der Waals surface area contributed by atoms with Gasteiger partial charge in [-0.05, 0) is 44.1 Å². The third-order valence-corrected chi connectivity index (χ3v) is 3.54. The number of carbonyl (C=O) groups excluding carboxylic acids is 1. The molecule has 0 aliphatic rings. The van der Waals surface area contributed by atoms with E-state index < -0.39 is 0 Å². The first kappa shape index (κ1) is 17.2. The van der Waals surface area contributed by atoms with Gasteiger partial charge in [-0.1, -0.05) is 26.3 Å². The van der Waals surface area contributed by atoms with Crippen LogP contribution >= 0.6 is 0 Å². The van der Waals surface area contributed by atoms with E-state index in [4.69, 9.17) is 5.26 Å². The van der Waals surface area contributed by atoms with Crippen molar-refractivity contribution in [1.82, 2.24) is 4.90 Å². The SMILES string of the molecule is CCC(C)CN(C)CCCC(=O)Nc1cccc(C#N)c1. The molecule has 0 saturated heterocycles. The van der Waals surface area contributed by atoms with Crippen molar-refractivity contribution >= 4 is 11.6 Å². The molecule has 1 N–H and O–H groups in total. The standard InChI is InChI=1S/C17H25N3O/c1-4-14(2)13-20(3)10-6-9-17(21)19-16-8-5-7-15(11-16)12-18/h5,7-8,11,14H,4,6,9-10,13H2,1-3H3,(H,19,21). The second-order valence-corrected chi connectivity index (χ2v) is 5.62. The van der Waals surface area contributed by atoms with Crippen LogP contribution in [0, 0.1) is 17.2 Å². The van der Waals surface area contributed by atoms with Gasteiger partial charge in [-0.2, -0.15) is 5.26 Å². The largest absolute Gasteiger partial charge is 0.326 e. The van der Waals surface area contributed by atoms with Crippen LogP contribution in [0.4, 0.5) is 5.69 Å². The van der Waals surface area contributed by atoms with E-state index in [-0.39, 0.29) is 5.91 Å². The zero-order valence-electron chi connectivity index (χ0n) is 13.2. The maximum atomic E-state index is 11.9. The lowest BCUT2D eigenvalue weighted by Crippen LogP contribution is -2.26. The molecule has 1 rings (SSSR count). The summed E-state index contributed by atoms with van der Waals surface area (Å²) >= 11 is 0. The van der Waals surface area contributed by atoms with Crippen molar-refractivity contribution in [2.75, 3.05) is 25.5 Å². The zero-order chi connectivity index (χ0) is 15.7. The highest BCUT2D eigenvalue weighted by Gasteiger charge is 2.07. The fraction of sp³-hybridized carbons (Fsp3) is 0.529. The Morgan fingerprint density at radius 1 is 1.48 bits per heavy atom. The van der Waals surface area contributed by atoms with Gasteiger partial charge in [0.05, 0.1) is 11.6 Å². The Morgan fingerprint density at radius 3 is 2.90 bits per heavy atom. The molecule has 0 heterocycles. The van der Waals surface area contributed by atoms with Gasteiger partial charge in [-0.15, -0.1) is 0 Å². The van der Waals surface area contributed by atoms with Crippen LogP contribution in [0.5, 0.6) is 0 Å². The Labute approximate surface area is 127 Å². The summed E-state index contributed by atoms with van der Waals surface area (Å²) in [6.45, 7) is 6.44. The van der Waals surface area contributed by atoms with Crippen LogP contribution in [0.3, 0.4) is 0 Å². The van der Waals surface area contributed by atoms with Crippen LogP contribution in [0.15, 0.2) is 24.3 Å². The van der Waals surface area contributed by atoms with Crippen molar-refractivity contribution in [2.24, 2.45) is 5.92 Å². The van der Waals surface area contributed by atoms with E-state index >= 15 is 0 Å². The minimum Gasteiger partial charge on any atom is -0.326 e. The molecule has 0 fully saturated rings. The van der Waals surface area contributed by atoms with Gasteiger partial charge in [0.25, 0.3) is 0 Å². The summed E-state index contributed by atoms with van der Waals surface area (Å²) in [6.07, 6.45) is 2.53. The van der Waals surface area contributed by atoms with Gasteiger partial charge in [-0.25, -0.2) is 0 Å². The molecule has 1 atom stereocenters. The molecule has 0 aromatic heterocycles. The summed E-state index contributed by atoms with van der Waals surface area (Å²) in [5, 5.41) is 11.7. The molecule has 1 unspecified atom stereocenters. The van der Waals surface area contributed by atoms with Gasteiger partial charge < -0.3 is 10.2 Å². The average Bonchev–Trinajstić information content (AvgIpc) is 2.47. The second-order valence-electron chi connectivity index (χ2n) is 5.62. The Hall–Kier alpha value is -1.86. The van der Waals surface area contributed by atoms with Gasteiger partial charge in [0, 0.05) is 18.7 Å². The number of rotatable bonds is 8. The maximum Gasteiger partial charge on any atom is 0.224 e. The normalized spacial score (nSPS) is 12.0. The predicted molar refractivity (Wildman–Crippen MR) is 86.0 cm³/mol. The number of amides is 1. The van der Waals surface area contributed by atoms with Crippen LogP contribution < -0.4 is 5.32 Å². The van der Waals surface area contributed by atoms with Crippen LogP contribution in [-0.2, 0) is 4.79 Å². The lowest BCUT2D eigenvalue weighted by atomic mass is 10.1. The summed E-state index contributed by atoms with van der Waals surface area (Å²) in [5.74, 6) is 0.694. The van der Waals surface area contributed by atoms with Gasteiger partial charge >= 0.3 is 0 Å². The van der Waals surface area contributed by atoms with Crippen molar-refractivity contribution in [3.05, 3.63) is 29.8 Å². The molecule has 1 aromatic carbocycles. The monoisotopic (exact) mass is 287 g/mol. The van der Waals surface area contributed by atoms with Crippen LogP contribution in [0.25, 0.3) is 0 Å². The summed E-state index contributed by atoms with van der Waals surface area (Å²) in [4.78, 5) is 14.1. The quantitative estimate of drug-likeness (QED) is 0.798. The van der Waals surface area contributed by atoms with E-state index in [0.29, 0.717) is 23.6 Å². The molecule has 0 aliphatic heterocycles. The highest BCUT2D eigenvalue weighted by Crippen LogP contribution is 2.10. The molecule has 114 valence electrons. The molecule has 0 saturated carbocycles. The second kappa shape index (κ2) is 9.15. The number of hydrogen-bond acceptors (Lipinski definition) is 3. The van der Waals surface area contributed by atoms with E-state index in [1.54, 1.807) is 24.3 Å². The summed E-state index contributed by atoms with van der Waals surface area (Å²) in [5.41, 5.74) is 1.24. The molecule has 0 aliphatic carbocycles. The number of nitrogens with zero attached hydrogens (tertiary/aromatic N) is 2. The minimum atomic E-state index is 0.00188. The third-order valence-electron chi connectivity index (χ3n) is 3.54. The van der Waals surface area contributed by atoms with E-state index in [1.165, 1.54) is 6.42 Å². The molecule has 21 heavy (non-hydrogen) atoms. The van der Waals surface area contributed by atoms with E-state index in [1.807, 2.05) is 0 Å². The number of hydrogen-bond donors (Lipinski definition) is 1. The van der Waals surface area contributed by atoms with E-state index in [2.05, 4.69) is 37.2 Å². The molecule has 0 radical (unpaired) electrons. The van der Waals surface area contributed by atoms with Crippen molar-refractivity contribution in [3.8, 4) is 6.07 Å². The third kappa shape index (κ3) is 6.92. The van der Waals surface area contributed by atoms with Crippen molar-refractivity contribution in [1.29, 1.82) is 5.26 Å². The lowest BCUT2D eigenvalue weighted by Gasteiger charge is -2.20. The number of nitriles is 1. The topological polar surface area (TPSA) is 56.1 Å². The fourth-order valence-electron chi connectivity index (χ4n) is 2.15. The first-order chi connectivity index (χ1) is 10.0. The summed E-state index contributed by atoms with van der Waals surface area (Å²) in [6, 6.07) is 9.04. The Kier molecular flexibility index (Phi) is 7.49. The molecule has 1 aromatic rings. The van der Waals surface area contributed by atoms with Gasteiger partial charge in [-0.3, -0.25) is 4.79 Å². The van der Waals surface area contributed by atoms with Gasteiger partial charge in [0.1, 0.15) is 0 Å². The van der Waals surface area contributed by atoms with Crippen LogP contribution in [0.1, 0.15) is 38.7 Å². The molecule has 1 amide bonds. The molecule has 4 nitrogen and oxygen atoms in total. The van der Waals surface area contributed by atoms with Crippen LogP contribution in [0.2, 0.25) is 0 Å². The average molecular weight is 287 g/mol. The highest BCUT2D eigenvalue weighted by molar-refractivity contribution is 5.90. The fourth-order valence-corrected chi connectivity index (χ4v) is 2.15. The van der Waals surface area contributed by atoms with Gasteiger partial charge in [0.2, 0.25) is 5.91 Å². The Bertz CT molecular complexity index is 493. The highest BCUT2D eigenvalue weighted by atomic mass is 16.1. The molecule has 0 bridgehead atoms. The molecular formula is C17H25N3O. The van der Waals surface area contributed by atoms with Crippen molar-refractivity contribution < 1.29 is 4.79 Å². The maximum absolute atomic E-state index is 11.9. The number of benzene rings is 1. The molecule has 4 heteroatoms. The number of nitrogens with one attached hydrogen (secondary N) is 1. The first-order valence-electron chi connectivity index (χ1n) is 7.53. The van der Waals surface area contributed by atoms with Crippen LogP contribution in [-0.4, -0.2) is 30.9 Å². The van der Waals surface area contributed by atoms with Crippen molar-refractivity contribution in [2.45, 2.75) is 33.1 Å². The Morgan fingerprint density at radius 2 is 2.24 bits per heavy atom.